The summed E-state index contributed by atoms with van der Waals surface area (Å²) in [5.41, 5.74) is 2.13. The first kappa shape index (κ1) is 16.9. The molecule has 0 aromatic heterocycles. The lowest BCUT2D eigenvalue weighted by Crippen LogP contribution is -2.38. The summed E-state index contributed by atoms with van der Waals surface area (Å²) in [5.74, 6) is 1.57. The Kier molecular flexibility index (Phi) is 5.07. The lowest BCUT2D eigenvalue weighted by molar-refractivity contribution is -0.142. The number of rotatable bonds is 5. The monoisotopic (exact) mass is 353 g/mol. The molecule has 0 aliphatic carbocycles. The van der Waals surface area contributed by atoms with Gasteiger partial charge in [0.25, 0.3) is 5.91 Å². The van der Waals surface area contributed by atoms with Gasteiger partial charge in [-0.1, -0.05) is 36.4 Å². The van der Waals surface area contributed by atoms with Gasteiger partial charge in [0.2, 0.25) is 0 Å². The van der Waals surface area contributed by atoms with Crippen molar-refractivity contribution >= 4 is 5.91 Å². The van der Waals surface area contributed by atoms with E-state index in [1.54, 1.807) is 0 Å². The normalized spacial score (nSPS) is 18.5. The maximum absolute atomic E-state index is 13.0. The number of fused-ring (bicyclic) bond motifs is 1. The Balaban J connectivity index is 1.54. The molecule has 0 unspecified atom stereocenters. The van der Waals surface area contributed by atoms with Crippen LogP contribution < -0.4 is 9.47 Å². The van der Waals surface area contributed by atoms with E-state index in [4.69, 9.17) is 14.2 Å². The van der Waals surface area contributed by atoms with Crippen molar-refractivity contribution < 1.29 is 19.0 Å². The summed E-state index contributed by atoms with van der Waals surface area (Å²) in [6, 6.07) is 15.9. The predicted molar refractivity (Wildman–Crippen MR) is 97.1 cm³/mol. The fourth-order valence-electron chi connectivity index (χ4n) is 3.40. The lowest BCUT2D eigenvalue weighted by atomic mass is 10.1. The molecule has 2 aliphatic heterocycles. The van der Waals surface area contributed by atoms with Gasteiger partial charge < -0.3 is 19.1 Å². The minimum absolute atomic E-state index is 0.0567. The molecule has 0 spiro atoms. The summed E-state index contributed by atoms with van der Waals surface area (Å²) in [6.07, 6.45) is 1.42. The van der Waals surface area contributed by atoms with Gasteiger partial charge in [-0.25, -0.2) is 0 Å². The first-order valence-corrected chi connectivity index (χ1v) is 9.12. The Labute approximate surface area is 153 Å². The van der Waals surface area contributed by atoms with E-state index in [9.17, 15) is 4.79 Å². The van der Waals surface area contributed by atoms with Gasteiger partial charge in [-0.2, -0.15) is 0 Å². The number of amides is 1. The molecule has 2 heterocycles. The van der Waals surface area contributed by atoms with E-state index >= 15 is 0 Å². The third-order valence-corrected chi connectivity index (χ3v) is 4.71. The van der Waals surface area contributed by atoms with Gasteiger partial charge in [-0.3, -0.25) is 4.79 Å². The van der Waals surface area contributed by atoms with E-state index in [-0.39, 0.29) is 12.0 Å². The molecule has 0 saturated carbocycles. The summed E-state index contributed by atoms with van der Waals surface area (Å²) in [6.45, 7) is 2.88. The highest BCUT2D eigenvalue weighted by molar-refractivity contribution is 5.81. The van der Waals surface area contributed by atoms with E-state index in [0.717, 1.165) is 35.5 Å². The SMILES string of the molecule is O=C([C@H]1CCCO1)N(Cc1ccccc1)Cc1ccc2c(c1)OCCO2. The van der Waals surface area contributed by atoms with Crippen molar-refractivity contribution in [2.24, 2.45) is 0 Å². The molecule has 1 amide bonds. The van der Waals surface area contributed by atoms with Crippen LogP contribution in [-0.4, -0.2) is 36.7 Å². The molecule has 1 saturated heterocycles. The van der Waals surface area contributed by atoms with Crippen molar-refractivity contribution in [3.05, 3.63) is 59.7 Å². The van der Waals surface area contributed by atoms with Crippen LogP contribution in [0, 0.1) is 0 Å². The molecular formula is C21H23NO4. The average molecular weight is 353 g/mol. The van der Waals surface area contributed by atoms with Crippen LogP contribution in [0.4, 0.5) is 0 Å². The third kappa shape index (κ3) is 3.83. The standard InChI is InChI=1S/C21H23NO4/c23-21(19-7-4-10-24-19)22(14-16-5-2-1-3-6-16)15-17-8-9-18-20(13-17)26-12-11-25-18/h1-3,5-6,8-9,13,19H,4,7,10-12,14-15H2/t19-/m1/s1. The van der Waals surface area contributed by atoms with E-state index in [2.05, 4.69) is 0 Å². The van der Waals surface area contributed by atoms with Gasteiger partial charge in [0.1, 0.15) is 19.3 Å². The van der Waals surface area contributed by atoms with Crippen molar-refractivity contribution in [2.45, 2.75) is 32.0 Å². The van der Waals surface area contributed by atoms with Crippen molar-refractivity contribution in [3.63, 3.8) is 0 Å². The third-order valence-electron chi connectivity index (χ3n) is 4.71. The lowest BCUT2D eigenvalue weighted by Gasteiger charge is -2.26. The number of hydrogen-bond acceptors (Lipinski definition) is 4. The summed E-state index contributed by atoms with van der Waals surface area (Å²) in [4.78, 5) is 14.9. The topological polar surface area (TPSA) is 48.0 Å². The van der Waals surface area contributed by atoms with E-state index in [1.165, 1.54) is 0 Å². The van der Waals surface area contributed by atoms with E-state index in [0.29, 0.717) is 32.9 Å². The van der Waals surface area contributed by atoms with Crippen molar-refractivity contribution in [1.29, 1.82) is 0 Å². The average Bonchev–Trinajstić information content (AvgIpc) is 3.22. The number of ether oxygens (including phenoxy) is 3. The minimum atomic E-state index is -0.323. The molecule has 4 rings (SSSR count). The minimum Gasteiger partial charge on any atom is -0.486 e. The molecule has 0 radical (unpaired) electrons. The largest absolute Gasteiger partial charge is 0.486 e. The highest BCUT2D eigenvalue weighted by atomic mass is 16.6. The quantitative estimate of drug-likeness (QED) is 0.828. The Bertz CT molecular complexity index is 756. The predicted octanol–water partition coefficient (Wildman–Crippen LogP) is 3.17. The summed E-state index contributed by atoms with van der Waals surface area (Å²) in [7, 11) is 0. The van der Waals surface area contributed by atoms with Crippen LogP contribution >= 0.6 is 0 Å². The van der Waals surface area contributed by atoms with Gasteiger partial charge >= 0.3 is 0 Å². The molecule has 0 N–H and O–H groups in total. The van der Waals surface area contributed by atoms with Crippen molar-refractivity contribution in [2.75, 3.05) is 19.8 Å². The number of carbonyl (C=O) groups excluding carboxylic acids is 1. The number of benzene rings is 2. The zero-order chi connectivity index (χ0) is 17.8. The van der Waals surface area contributed by atoms with Crippen LogP contribution in [0.15, 0.2) is 48.5 Å². The molecule has 5 heteroatoms. The molecule has 2 aliphatic rings. The molecule has 2 aromatic carbocycles. The number of nitrogens with zero attached hydrogens (tertiary/aromatic N) is 1. The highest BCUT2D eigenvalue weighted by Gasteiger charge is 2.28. The summed E-state index contributed by atoms with van der Waals surface area (Å²) in [5, 5.41) is 0. The Hall–Kier alpha value is -2.53. The van der Waals surface area contributed by atoms with E-state index in [1.807, 2.05) is 53.4 Å². The van der Waals surface area contributed by atoms with Crippen LogP contribution in [0.3, 0.4) is 0 Å². The molecule has 1 fully saturated rings. The van der Waals surface area contributed by atoms with Gasteiger partial charge in [0.15, 0.2) is 11.5 Å². The smallest absolute Gasteiger partial charge is 0.252 e. The van der Waals surface area contributed by atoms with Gasteiger partial charge in [0, 0.05) is 19.7 Å². The van der Waals surface area contributed by atoms with Crippen LogP contribution in [0.25, 0.3) is 0 Å². The second-order valence-electron chi connectivity index (χ2n) is 6.66. The molecule has 1 atom stereocenters. The fraction of sp³-hybridized carbons (Fsp3) is 0.381. The van der Waals surface area contributed by atoms with E-state index < -0.39 is 0 Å². The van der Waals surface area contributed by atoms with Crippen LogP contribution in [0.5, 0.6) is 11.5 Å². The second-order valence-corrected chi connectivity index (χ2v) is 6.66. The maximum Gasteiger partial charge on any atom is 0.252 e. The van der Waals surface area contributed by atoms with Gasteiger partial charge in [-0.15, -0.1) is 0 Å². The second kappa shape index (κ2) is 7.79. The maximum atomic E-state index is 13.0. The summed E-state index contributed by atoms with van der Waals surface area (Å²) >= 11 is 0. The fourth-order valence-corrected chi connectivity index (χ4v) is 3.40. The Morgan fingerprint density at radius 1 is 0.923 bits per heavy atom. The van der Waals surface area contributed by atoms with Crippen molar-refractivity contribution in [3.8, 4) is 11.5 Å². The van der Waals surface area contributed by atoms with Crippen molar-refractivity contribution in [1.82, 2.24) is 4.90 Å². The molecule has 2 aromatic rings. The summed E-state index contributed by atoms with van der Waals surface area (Å²) < 4.78 is 16.9. The zero-order valence-corrected chi connectivity index (χ0v) is 14.7. The molecule has 26 heavy (non-hydrogen) atoms. The Morgan fingerprint density at radius 2 is 1.69 bits per heavy atom. The molecular weight excluding hydrogens is 330 g/mol. The number of carbonyl (C=O) groups is 1. The van der Waals surface area contributed by atoms with Crippen LogP contribution in [0.1, 0.15) is 24.0 Å². The first-order chi connectivity index (χ1) is 12.8. The first-order valence-electron chi connectivity index (χ1n) is 9.12. The Morgan fingerprint density at radius 3 is 2.46 bits per heavy atom. The molecule has 5 nitrogen and oxygen atoms in total. The molecule has 0 bridgehead atoms. The highest BCUT2D eigenvalue weighted by Crippen LogP contribution is 2.31. The molecule has 136 valence electrons. The number of hydrogen-bond donors (Lipinski definition) is 0. The van der Waals surface area contributed by atoms with Gasteiger partial charge in [0.05, 0.1) is 0 Å². The van der Waals surface area contributed by atoms with Gasteiger partial charge in [-0.05, 0) is 36.1 Å². The zero-order valence-electron chi connectivity index (χ0n) is 14.7. The van der Waals surface area contributed by atoms with Crippen LogP contribution in [-0.2, 0) is 22.6 Å². The van der Waals surface area contributed by atoms with Crippen LogP contribution in [0.2, 0.25) is 0 Å².